The van der Waals surface area contributed by atoms with Gasteiger partial charge in [-0.15, -0.1) is 0 Å². The van der Waals surface area contributed by atoms with E-state index in [9.17, 15) is 4.79 Å². The SMILES string of the molecule is CC(C)C1(C)N[C]NC1=O. The minimum atomic E-state index is -0.458. The Morgan fingerprint density at radius 3 is 2.40 bits per heavy atom. The van der Waals surface area contributed by atoms with Crippen molar-refractivity contribution in [2.75, 3.05) is 0 Å². The molecule has 0 aromatic rings. The first-order valence-corrected chi connectivity index (χ1v) is 3.40. The van der Waals surface area contributed by atoms with Crippen molar-refractivity contribution < 1.29 is 4.79 Å². The first kappa shape index (κ1) is 7.54. The van der Waals surface area contributed by atoms with Gasteiger partial charge in [0.05, 0.1) is 5.54 Å². The predicted octanol–water partition coefficient (Wildman–Crippen LogP) is 0.117. The number of rotatable bonds is 1. The molecule has 1 saturated heterocycles. The summed E-state index contributed by atoms with van der Waals surface area (Å²) in [6.45, 7) is 8.46. The summed E-state index contributed by atoms with van der Waals surface area (Å²) in [5.74, 6) is 0.282. The molecule has 10 heavy (non-hydrogen) atoms. The highest BCUT2D eigenvalue weighted by molar-refractivity contribution is 5.88. The fourth-order valence-corrected chi connectivity index (χ4v) is 0.811. The van der Waals surface area contributed by atoms with Gasteiger partial charge in [0, 0.05) is 0 Å². The van der Waals surface area contributed by atoms with E-state index in [1.54, 1.807) is 0 Å². The standard InChI is InChI=1S/C7H12N2O/c1-5(2)7(3)6(10)8-4-9-7/h5,9H,1-3H3,(H,8,10). The Labute approximate surface area is 61.2 Å². The summed E-state index contributed by atoms with van der Waals surface area (Å²) in [6, 6.07) is 0. The number of nitrogens with one attached hydrogen (secondary N) is 2. The Kier molecular flexibility index (Phi) is 1.68. The van der Waals surface area contributed by atoms with Crippen LogP contribution in [0.15, 0.2) is 0 Å². The molecule has 1 aliphatic heterocycles. The van der Waals surface area contributed by atoms with Gasteiger partial charge < -0.3 is 5.32 Å². The van der Waals surface area contributed by atoms with Gasteiger partial charge in [0.15, 0.2) is 6.67 Å². The molecule has 1 heterocycles. The van der Waals surface area contributed by atoms with E-state index < -0.39 is 5.54 Å². The minimum Gasteiger partial charge on any atom is -0.330 e. The summed E-state index contributed by atoms with van der Waals surface area (Å²) in [4.78, 5) is 11.1. The molecule has 0 aromatic heterocycles. The number of hydrogen-bond donors (Lipinski definition) is 2. The van der Waals surface area contributed by atoms with E-state index in [-0.39, 0.29) is 11.8 Å². The third-order valence-electron chi connectivity index (χ3n) is 2.12. The van der Waals surface area contributed by atoms with Crippen molar-refractivity contribution in [3.05, 3.63) is 6.67 Å². The van der Waals surface area contributed by atoms with Crippen molar-refractivity contribution in [3.8, 4) is 0 Å². The molecule has 1 rings (SSSR count). The largest absolute Gasteiger partial charge is 0.330 e. The van der Waals surface area contributed by atoms with Crippen molar-refractivity contribution in [2.24, 2.45) is 5.92 Å². The van der Waals surface area contributed by atoms with Crippen LogP contribution >= 0.6 is 0 Å². The molecule has 1 fully saturated rings. The van der Waals surface area contributed by atoms with Gasteiger partial charge in [0.25, 0.3) is 0 Å². The van der Waals surface area contributed by atoms with Crippen molar-refractivity contribution in [1.29, 1.82) is 0 Å². The van der Waals surface area contributed by atoms with Crippen LogP contribution in [0.4, 0.5) is 0 Å². The molecule has 1 unspecified atom stereocenters. The molecular formula is C7H12N2O. The molecule has 2 radical (unpaired) electrons. The summed E-state index contributed by atoms with van der Waals surface area (Å²) >= 11 is 0. The van der Waals surface area contributed by atoms with Gasteiger partial charge in [-0.05, 0) is 12.8 Å². The fourth-order valence-electron chi connectivity index (χ4n) is 0.811. The van der Waals surface area contributed by atoms with Crippen molar-refractivity contribution in [1.82, 2.24) is 10.6 Å². The summed E-state index contributed by atoms with van der Waals surface area (Å²) in [6.07, 6.45) is 0. The molecule has 56 valence electrons. The first-order chi connectivity index (χ1) is 4.57. The quantitative estimate of drug-likeness (QED) is 0.543. The maximum absolute atomic E-state index is 11.1. The second-order valence-electron chi connectivity index (χ2n) is 3.06. The van der Waals surface area contributed by atoms with Crippen LogP contribution in [0.1, 0.15) is 20.8 Å². The Bertz CT molecular complexity index is 156. The molecule has 3 heteroatoms. The first-order valence-electron chi connectivity index (χ1n) is 3.40. The molecule has 0 spiro atoms. The smallest absolute Gasteiger partial charge is 0.242 e. The van der Waals surface area contributed by atoms with E-state index in [1.807, 2.05) is 20.8 Å². The average molecular weight is 140 g/mol. The van der Waals surface area contributed by atoms with Crippen LogP contribution in [-0.2, 0) is 4.79 Å². The van der Waals surface area contributed by atoms with E-state index in [0.29, 0.717) is 0 Å². The second kappa shape index (κ2) is 2.23. The lowest BCUT2D eigenvalue weighted by molar-refractivity contribution is -0.124. The lowest BCUT2D eigenvalue weighted by Gasteiger charge is -2.24. The summed E-state index contributed by atoms with van der Waals surface area (Å²) in [5.41, 5.74) is -0.458. The third kappa shape index (κ3) is 0.904. The van der Waals surface area contributed by atoms with Crippen LogP contribution in [-0.4, -0.2) is 11.4 Å². The van der Waals surface area contributed by atoms with Gasteiger partial charge in [-0.3, -0.25) is 10.1 Å². The molecular weight excluding hydrogens is 128 g/mol. The number of carbonyl (C=O) groups excluding carboxylic acids is 1. The molecule has 1 atom stereocenters. The Balaban J connectivity index is 2.75. The van der Waals surface area contributed by atoms with Crippen molar-refractivity contribution >= 4 is 5.91 Å². The van der Waals surface area contributed by atoms with Gasteiger partial charge in [-0.1, -0.05) is 13.8 Å². The zero-order chi connectivity index (χ0) is 7.78. The zero-order valence-electron chi connectivity index (χ0n) is 6.49. The van der Waals surface area contributed by atoms with E-state index in [1.165, 1.54) is 0 Å². The highest BCUT2D eigenvalue weighted by atomic mass is 16.2. The van der Waals surface area contributed by atoms with Crippen molar-refractivity contribution in [3.63, 3.8) is 0 Å². The Morgan fingerprint density at radius 2 is 2.20 bits per heavy atom. The van der Waals surface area contributed by atoms with Gasteiger partial charge in [-0.2, -0.15) is 0 Å². The highest BCUT2D eigenvalue weighted by Crippen LogP contribution is 2.19. The monoisotopic (exact) mass is 140 g/mol. The molecule has 0 aromatic carbocycles. The van der Waals surface area contributed by atoms with E-state index in [0.717, 1.165) is 0 Å². The van der Waals surface area contributed by atoms with E-state index in [4.69, 9.17) is 0 Å². The molecule has 0 aliphatic carbocycles. The van der Waals surface area contributed by atoms with E-state index >= 15 is 0 Å². The molecule has 0 bridgehead atoms. The number of hydrogen-bond acceptors (Lipinski definition) is 2. The van der Waals surface area contributed by atoms with Gasteiger partial charge >= 0.3 is 0 Å². The molecule has 0 saturated carbocycles. The van der Waals surface area contributed by atoms with E-state index in [2.05, 4.69) is 17.3 Å². The maximum atomic E-state index is 11.1. The molecule has 2 N–H and O–H groups in total. The predicted molar refractivity (Wildman–Crippen MR) is 37.8 cm³/mol. The summed E-state index contributed by atoms with van der Waals surface area (Å²) in [7, 11) is 0. The molecule has 3 nitrogen and oxygen atoms in total. The molecule has 1 aliphatic rings. The van der Waals surface area contributed by atoms with Crippen LogP contribution < -0.4 is 10.6 Å². The summed E-state index contributed by atoms with van der Waals surface area (Å²) < 4.78 is 0. The minimum absolute atomic E-state index is 0.00231. The maximum Gasteiger partial charge on any atom is 0.242 e. The van der Waals surface area contributed by atoms with Crippen LogP contribution in [0.25, 0.3) is 0 Å². The summed E-state index contributed by atoms with van der Waals surface area (Å²) in [5, 5.41) is 5.36. The van der Waals surface area contributed by atoms with Crippen LogP contribution in [0.5, 0.6) is 0 Å². The van der Waals surface area contributed by atoms with Gasteiger partial charge in [0.2, 0.25) is 5.91 Å². The molecule has 1 amide bonds. The highest BCUT2D eigenvalue weighted by Gasteiger charge is 2.40. The second-order valence-corrected chi connectivity index (χ2v) is 3.06. The number of amides is 1. The fraction of sp³-hybridized carbons (Fsp3) is 0.714. The van der Waals surface area contributed by atoms with Gasteiger partial charge in [0.1, 0.15) is 0 Å². The normalized spacial score (nSPS) is 33.0. The number of carbonyl (C=O) groups is 1. The zero-order valence-corrected chi connectivity index (χ0v) is 6.49. The third-order valence-corrected chi connectivity index (χ3v) is 2.12. The Morgan fingerprint density at radius 1 is 1.60 bits per heavy atom. The lowest BCUT2D eigenvalue weighted by atomic mass is 9.89. The van der Waals surface area contributed by atoms with Crippen LogP contribution in [0, 0.1) is 12.6 Å². The van der Waals surface area contributed by atoms with Crippen molar-refractivity contribution in [2.45, 2.75) is 26.3 Å². The lowest BCUT2D eigenvalue weighted by Crippen LogP contribution is -2.47. The Hall–Kier alpha value is -0.570. The average Bonchev–Trinajstić information content (AvgIpc) is 2.15. The topological polar surface area (TPSA) is 41.1 Å². The van der Waals surface area contributed by atoms with Gasteiger partial charge in [-0.25, -0.2) is 0 Å². The van der Waals surface area contributed by atoms with Crippen LogP contribution in [0.3, 0.4) is 0 Å². The van der Waals surface area contributed by atoms with Crippen LogP contribution in [0.2, 0.25) is 0 Å².